The van der Waals surface area contributed by atoms with Crippen LogP contribution in [-0.2, 0) is 15.1 Å². The maximum absolute atomic E-state index is 14.0. The molecule has 3 aromatic carbocycles. The van der Waals surface area contributed by atoms with Crippen molar-refractivity contribution in [1.29, 1.82) is 0 Å². The number of carbonyl (C=O) groups is 2. The number of nitrogens with two attached hydrogens (primary N) is 2. The third-order valence-electron chi connectivity index (χ3n) is 7.57. The number of piperazine rings is 1. The first-order valence-corrected chi connectivity index (χ1v) is 14.2. The number of anilines is 2. The van der Waals surface area contributed by atoms with Gasteiger partial charge in [-0.3, -0.25) is 19.4 Å². The number of rotatable bonds is 10. The lowest BCUT2D eigenvalue weighted by atomic mass is 9.76. The van der Waals surface area contributed by atoms with Crippen molar-refractivity contribution in [3.63, 3.8) is 0 Å². The van der Waals surface area contributed by atoms with Gasteiger partial charge >= 0.3 is 0 Å². The van der Waals surface area contributed by atoms with Crippen molar-refractivity contribution in [3.05, 3.63) is 93.5 Å². The van der Waals surface area contributed by atoms with Crippen molar-refractivity contribution in [2.45, 2.75) is 37.8 Å². The number of primary amides is 1. The highest BCUT2D eigenvalue weighted by Crippen LogP contribution is 2.42. The molecule has 0 saturated carbocycles. The zero-order valence-electron chi connectivity index (χ0n) is 22.7. The standard InChI is InChI=1S/C30H33Cl2F2N5O2/c1-2-3-12-30(19-4-8-21(33)9-5-19,20-6-10-22(34)11-7-20)39-14-13-38(26(17-39)29(36)41)18-27(40)37-28-24(31)15-23(35)16-25(28)32/h4-11,15-16,26H,2-3,12-14,17-18,35H2,1H3,(H2,36,41)(H,37,40). The van der Waals surface area contributed by atoms with E-state index in [2.05, 4.69) is 17.1 Å². The van der Waals surface area contributed by atoms with Gasteiger partial charge in [0.25, 0.3) is 0 Å². The molecule has 0 spiro atoms. The van der Waals surface area contributed by atoms with Gasteiger partial charge in [-0.25, -0.2) is 8.78 Å². The van der Waals surface area contributed by atoms with Crippen molar-refractivity contribution in [1.82, 2.24) is 9.80 Å². The van der Waals surface area contributed by atoms with Crippen LogP contribution in [0, 0.1) is 11.6 Å². The Hall–Kier alpha value is -3.24. The summed E-state index contributed by atoms with van der Waals surface area (Å²) in [5.74, 6) is -1.75. The van der Waals surface area contributed by atoms with Gasteiger partial charge in [-0.1, -0.05) is 67.2 Å². The highest BCUT2D eigenvalue weighted by molar-refractivity contribution is 6.40. The highest BCUT2D eigenvalue weighted by atomic mass is 35.5. The zero-order valence-corrected chi connectivity index (χ0v) is 24.2. The van der Waals surface area contributed by atoms with Crippen molar-refractivity contribution in [3.8, 4) is 0 Å². The Kier molecular flexibility index (Phi) is 9.86. The fraction of sp³-hybridized carbons (Fsp3) is 0.333. The summed E-state index contributed by atoms with van der Waals surface area (Å²) in [6, 6.07) is 14.7. The van der Waals surface area contributed by atoms with Gasteiger partial charge in [-0.05, 0) is 53.9 Å². The van der Waals surface area contributed by atoms with E-state index in [1.54, 1.807) is 29.2 Å². The fourth-order valence-electron chi connectivity index (χ4n) is 5.56. The number of hydrogen-bond acceptors (Lipinski definition) is 5. The average molecular weight is 605 g/mol. The molecule has 1 fully saturated rings. The van der Waals surface area contributed by atoms with E-state index in [0.717, 1.165) is 24.0 Å². The molecule has 1 aliphatic rings. The normalized spacial score (nSPS) is 16.5. The minimum atomic E-state index is -0.811. The maximum Gasteiger partial charge on any atom is 0.238 e. The molecule has 0 bridgehead atoms. The number of nitrogens with one attached hydrogen (secondary N) is 1. The Morgan fingerprint density at radius 3 is 2.00 bits per heavy atom. The Bertz CT molecular complexity index is 1320. The highest BCUT2D eigenvalue weighted by Gasteiger charge is 2.44. The minimum absolute atomic E-state index is 0.131. The summed E-state index contributed by atoms with van der Waals surface area (Å²) in [6.45, 7) is 2.93. The number of unbranched alkanes of at least 4 members (excludes halogenated alkanes) is 1. The first-order chi connectivity index (χ1) is 19.5. The van der Waals surface area contributed by atoms with Crippen LogP contribution in [-0.4, -0.2) is 53.8 Å². The first kappa shape index (κ1) is 30.7. The molecule has 41 heavy (non-hydrogen) atoms. The van der Waals surface area contributed by atoms with E-state index < -0.39 is 23.4 Å². The van der Waals surface area contributed by atoms with Gasteiger partial charge in [0.1, 0.15) is 17.7 Å². The molecule has 1 aliphatic heterocycles. The summed E-state index contributed by atoms with van der Waals surface area (Å²) < 4.78 is 28.0. The molecule has 5 N–H and O–H groups in total. The molecule has 0 radical (unpaired) electrons. The lowest BCUT2D eigenvalue weighted by Gasteiger charge is -2.50. The molecule has 1 atom stereocenters. The smallest absolute Gasteiger partial charge is 0.238 e. The van der Waals surface area contributed by atoms with Crippen LogP contribution in [0.4, 0.5) is 20.2 Å². The molecule has 218 valence electrons. The van der Waals surface area contributed by atoms with E-state index in [9.17, 15) is 18.4 Å². The molecule has 1 unspecified atom stereocenters. The van der Waals surface area contributed by atoms with Crippen LogP contribution in [0.2, 0.25) is 10.0 Å². The molecule has 11 heteroatoms. The Labute approximate surface area is 248 Å². The number of carbonyl (C=O) groups excluding carboxylic acids is 2. The number of hydrogen-bond donors (Lipinski definition) is 3. The van der Waals surface area contributed by atoms with Crippen molar-refractivity contribution in [2.75, 3.05) is 37.2 Å². The van der Waals surface area contributed by atoms with Gasteiger partial charge in [0.2, 0.25) is 11.8 Å². The van der Waals surface area contributed by atoms with Crippen LogP contribution in [0.15, 0.2) is 60.7 Å². The second-order valence-corrected chi connectivity index (χ2v) is 11.0. The summed E-state index contributed by atoms with van der Waals surface area (Å²) in [7, 11) is 0. The number of halogens is 4. The molecule has 1 saturated heterocycles. The summed E-state index contributed by atoms with van der Waals surface area (Å²) in [6.07, 6.45) is 2.35. The van der Waals surface area contributed by atoms with Gasteiger partial charge in [0.15, 0.2) is 0 Å². The lowest BCUT2D eigenvalue weighted by Crippen LogP contribution is -2.64. The lowest BCUT2D eigenvalue weighted by molar-refractivity contribution is -0.129. The molecule has 4 rings (SSSR count). The Morgan fingerprint density at radius 2 is 1.51 bits per heavy atom. The van der Waals surface area contributed by atoms with Crippen LogP contribution in [0.5, 0.6) is 0 Å². The van der Waals surface area contributed by atoms with Crippen LogP contribution in [0.25, 0.3) is 0 Å². The second kappa shape index (κ2) is 13.2. The van der Waals surface area contributed by atoms with Gasteiger partial charge < -0.3 is 16.8 Å². The first-order valence-electron chi connectivity index (χ1n) is 13.4. The van der Waals surface area contributed by atoms with Gasteiger partial charge in [0, 0.05) is 25.3 Å². The predicted molar refractivity (Wildman–Crippen MR) is 159 cm³/mol. The number of nitrogen functional groups attached to an aromatic ring is 1. The van der Waals surface area contributed by atoms with E-state index in [1.807, 2.05) is 0 Å². The van der Waals surface area contributed by atoms with Crippen LogP contribution >= 0.6 is 23.2 Å². The van der Waals surface area contributed by atoms with Gasteiger partial charge in [0.05, 0.1) is 27.8 Å². The minimum Gasteiger partial charge on any atom is -0.399 e. The molecular weight excluding hydrogens is 571 g/mol. The molecule has 3 aromatic rings. The van der Waals surface area contributed by atoms with E-state index in [0.29, 0.717) is 25.2 Å². The SMILES string of the molecule is CCCCC(c1ccc(F)cc1)(c1ccc(F)cc1)N1CCN(CC(=O)Nc2c(Cl)cc(N)cc2Cl)C(C(N)=O)C1. The van der Waals surface area contributed by atoms with E-state index in [4.69, 9.17) is 34.7 Å². The summed E-state index contributed by atoms with van der Waals surface area (Å²) in [5, 5.41) is 3.09. The maximum atomic E-state index is 14.0. The molecule has 1 heterocycles. The molecular formula is C30H33Cl2F2N5O2. The largest absolute Gasteiger partial charge is 0.399 e. The Morgan fingerprint density at radius 1 is 0.976 bits per heavy atom. The number of nitrogens with zero attached hydrogens (tertiary/aromatic N) is 2. The monoisotopic (exact) mass is 603 g/mol. The van der Waals surface area contributed by atoms with Gasteiger partial charge in [-0.2, -0.15) is 0 Å². The Balaban J connectivity index is 1.65. The third kappa shape index (κ3) is 6.81. The second-order valence-electron chi connectivity index (χ2n) is 10.2. The van der Waals surface area contributed by atoms with E-state index in [-0.39, 0.29) is 40.5 Å². The average Bonchev–Trinajstić information content (AvgIpc) is 2.93. The third-order valence-corrected chi connectivity index (χ3v) is 8.17. The zero-order chi connectivity index (χ0) is 29.7. The van der Waals surface area contributed by atoms with Crippen molar-refractivity contribution >= 4 is 46.4 Å². The number of benzene rings is 3. The number of amides is 2. The van der Waals surface area contributed by atoms with E-state index in [1.165, 1.54) is 36.4 Å². The summed E-state index contributed by atoms with van der Waals surface area (Å²) in [4.78, 5) is 29.6. The molecule has 2 amide bonds. The topological polar surface area (TPSA) is 105 Å². The molecule has 7 nitrogen and oxygen atoms in total. The summed E-state index contributed by atoms with van der Waals surface area (Å²) in [5.41, 5.74) is 13.1. The summed E-state index contributed by atoms with van der Waals surface area (Å²) >= 11 is 12.5. The van der Waals surface area contributed by atoms with Crippen LogP contribution in [0.1, 0.15) is 37.3 Å². The van der Waals surface area contributed by atoms with E-state index >= 15 is 0 Å². The molecule has 0 aromatic heterocycles. The molecule has 0 aliphatic carbocycles. The van der Waals surface area contributed by atoms with Crippen molar-refractivity contribution in [2.24, 2.45) is 5.73 Å². The predicted octanol–water partition coefficient (Wildman–Crippen LogP) is 5.40. The van der Waals surface area contributed by atoms with Crippen LogP contribution in [0.3, 0.4) is 0 Å². The fourth-order valence-corrected chi connectivity index (χ4v) is 6.16. The van der Waals surface area contributed by atoms with Gasteiger partial charge in [-0.15, -0.1) is 0 Å². The quantitative estimate of drug-likeness (QED) is 0.269. The van der Waals surface area contributed by atoms with Crippen LogP contribution < -0.4 is 16.8 Å². The van der Waals surface area contributed by atoms with Crippen molar-refractivity contribution < 1.29 is 18.4 Å².